The van der Waals surface area contributed by atoms with Gasteiger partial charge in [-0.15, -0.1) is 10.2 Å². The number of nitrogens with zero attached hydrogens (tertiary/aromatic N) is 5. The second-order valence-corrected chi connectivity index (χ2v) is 7.75. The molecule has 25 heavy (non-hydrogen) atoms. The molecule has 4 heterocycles. The van der Waals surface area contributed by atoms with E-state index in [1.54, 1.807) is 7.11 Å². The van der Waals surface area contributed by atoms with Gasteiger partial charge in [0.25, 0.3) is 0 Å². The average molecular weight is 343 g/mol. The van der Waals surface area contributed by atoms with Crippen molar-refractivity contribution in [2.75, 3.05) is 20.2 Å². The maximum Gasteiger partial charge on any atom is 0.159 e. The SMILES string of the molecule is COCc1nnc2n1CCC1(CC2)CCN(Cc2cccn2C)CC1. The van der Waals surface area contributed by atoms with E-state index >= 15 is 0 Å². The van der Waals surface area contributed by atoms with Gasteiger partial charge >= 0.3 is 0 Å². The third-order valence-corrected chi connectivity index (χ3v) is 6.28. The van der Waals surface area contributed by atoms with Crippen LogP contribution in [-0.2, 0) is 37.9 Å². The van der Waals surface area contributed by atoms with Crippen molar-refractivity contribution in [1.82, 2.24) is 24.2 Å². The van der Waals surface area contributed by atoms with E-state index in [9.17, 15) is 0 Å². The Morgan fingerprint density at radius 2 is 1.92 bits per heavy atom. The van der Waals surface area contributed by atoms with Crippen molar-refractivity contribution in [1.29, 1.82) is 0 Å². The second-order valence-electron chi connectivity index (χ2n) is 7.75. The molecule has 2 aromatic rings. The minimum Gasteiger partial charge on any atom is -0.377 e. The molecule has 2 aliphatic rings. The van der Waals surface area contributed by atoms with E-state index in [0.717, 1.165) is 31.2 Å². The van der Waals surface area contributed by atoms with Gasteiger partial charge in [-0.2, -0.15) is 0 Å². The Morgan fingerprint density at radius 3 is 2.64 bits per heavy atom. The normalized spacial score (nSPS) is 20.6. The molecule has 136 valence electrons. The summed E-state index contributed by atoms with van der Waals surface area (Å²) in [5.74, 6) is 2.13. The number of rotatable bonds is 4. The fourth-order valence-electron chi connectivity index (χ4n) is 4.48. The Labute approximate surface area is 149 Å². The van der Waals surface area contributed by atoms with Crippen LogP contribution < -0.4 is 0 Å². The van der Waals surface area contributed by atoms with Crippen LogP contribution in [0.25, 0.3) is 0 Å². The highest BCUT2D eigenvalue weighted by molar-refractivity contribution is 5.07. The molecule has 0 saturated carbocycles. The largest absolute Gasteiger partial charge is 0.377 e. The van der Waals surface area contributed by atoms with Gasteiger partial charge in [-0.1, -0.05) is 0 Å². The molecular formula is C19H29N5O. The number of fused-ring (bicyclic) bond motifs is 1. The highest BCUT2D eigenvalue weighted by Crippen LogP contribution is 2.41. The molecule has 0 aromatic carbocycles. The van der Waals surface area contributed by atoms with Crippen molar-refractivity contribution < 1.29 is 4.74 Å². The third kappa shape index (κ3) is 3.37. The molecule has 0 aliphatic carbocycles. The van der Waals surface area contributed by atoms with Gasteiger partial charge in [-0.05, 0) is 56.3 Å². The van der Waals surface area contributed by atoms with Crippen LogP contribution in [0.2, 0.25) is 0 Å². The molecule has 0 bridgehead atoms. The fraction of sp³-hybridized carbons (Fsp3) is 0.684. The quantitative estimate of drug-likeness (QED) is 0.855. The Balaban J connectivity index is 1.38. The molecule has 0 radical (unpaired) electrons. The summed E-state index contributed by atoms with van der Waals surface area (Å²) in [5, 5.41) is 8.71. The van der Waals surface area contributed by atoms with E-state index in [0.29, 0.717) is 12.0 Å². The van der Waals surface area contributed by atoms with Crippen molar-refractivity contribution >= 4 is 0 Å². The Morgan fingerprint density at radius 1 is 1.12 bits per heavy atom. The standard InChI is InChI=1S/C19H29N5O/c1-22-10-3-4-16(22)14-23-11-7-19(8-12-23)6-5-17-20-21-18(15-25-2)24(17)13-9-19/h3-4,10H,5-9,11-15H2,1-2H3. The number of aromatic nitrogens is 4. The highest BCUT2D eigenvalue weighted by atomic mass is 16.5. The van der Waals surface area contributed by atoms with Crippen LogP contribution in [0, 0.1) is 5.41 Å². The molecule has 1 fully saturated rings. The van der Waals surface area contributed by atoms with Gasteiger partial charge in [0.1, 0.15) is 12.4 Å². The lowest BCUT2D eigenvalue weighted by Gasteiger charge is -2.41. The summed E-state index contributed by atoms with van der Waals surface area (Å²) in [7, 11) is 3.86. The molecule has 2 aromatic heterocycles. The zero-order valence-corrected chi connectivity index (χ0v) is 15.4. The minimum absolute atomic E-state index is 0.482. The topological polar surface area (TPSA) is 48.1 Å². The lowest BCUT2D eigenvalue weighted by atomic mass is 9.73. The summed E-state index contributed by atoms with van der Waals surface area (Å²) in [5.41, 5.74) is 1.89. The summed E-state index contributed by atoms with van der Waals surface area (Å²) < 4.78 is 9.81. The van der Waals surface area contributed by atoms with E-state index < -0.39 is 0 Å². The highest BCUT2D eigenvalue weighted by Gasteiger charge is 2.36. The molecule has 0 amide bonds. The smallest absolute Gasteiger partial charge is 0.159 e. The van der Waals surface area contributed by atoms with Gasteiger partial charge in [-0.3, -0.25) is 4.90 Å². The van der Waals surface area contributed by atoms with E-state index in [1.807, 2.05) is 0 Å². The van der Waals surface area contributed by atoms with Crippen LogP contribution in [0.1, 0.15) is 43.0 Å². The maximum absolute atomic E-state index is 5.27. The predicted octanol–water partition coefficient (Wildman–Crippen LogP) is 2.38. The zero-order chi connectivity index (χ0) is 17.3. The van der Waals surface area contributed by atoms with Gasteiger partial charge in [-0.25, -0.2) is 0 Å². The first-order valence-corrected chi connectivity index (χ1v) is 9.42. The first-order chi connectivity index (χ1) is 12.2. The molecular weight excluding hydrogens is 314 g/mol. The van der Waals surface area contributed by atoms with E-state index in [1.165, 1.54) is 44.5 Å². The van der Waals surface area contributed by atoms with Gasteiger partial charge in [0.2, 0.25) is 0 Å². The molecule has 0 N–H and O–H groups in total. The molecule has 1 saturated heterocycles. The van der Waals surface area contributed by atoms with Crippen molar-refractivity contribution in [2.24, 2.45) is 12.5 Å². The second kappa shape index (κ2) is 6.92. The zero-order valence-electron chi connectivity index (χ0n) is 15.4. The summed E-state index contributed by atoms with van der Waals surface area (Å²) in [6.45, 7) is 5.08. The lowest BCUT2D eigenvalue weighted by molar-refractivity contribution is 0.0808. The number of methoxy groups -OCH3 is 1. The van der Waals surface area contributed by atoms with Crippen molar-refractivity contribution in [3.05, 3.63) is 35.7 Å². The van der Waals surface area contributed by atoms with Gasteiger partial charge in [0.05, 0.1) is 0 Å². The first-order valence-electron chi connectivity index (χ1n) is 9.42. The Hall–Kier alpha value is -1.66. The van der Waals surface area contributed by atoms with Crippen LogP contribution in [0.15, 0.2) is 18.3 Å². The van der Waals surface area contributed by atoms with E-state index in [4.69, 9.17) is 4.74 Å². The molecule has 4 rings (SSSR count). The third-order valence-electron chi connectivity index (χ3n) is 6.28. The first kappa shape index (κ1) is 16.8. The summed E-state index contributed by atoms with van der Waals surface area (Å²) in [6.07, 6.45) is 8.28. The number of piperidine rings is 1. The van der Waals surface area contributed by atoms with Crippen LogP contribution >= 0.6 is 0 Å². The number of aryl methyl sites for hydroxylation is 2. The van der Waals surface area contributed by atoms with Crippen molar-refractivity contribution in [3.63, 3.8) is 0 Å². The molecule has 0 atom stereocenters. The van der Waals surface area contributed by atoms with E-state index in [2.05, 4.69) is 49.6 Å². The molecule has 6 heteroatoms. The van der Waals surface area contributed by atoms with Crippen molar-refractivity contribution in [3.8, 4) is 0 Å². The van der Waals surface area contributed by atoms with Gasteiger partial charge in [0.15, 0.2) is 5.82 Å². The van der Waals surface area contributed by atoms with Gasteiger partial charge < -0.3 is 13.9 Å². The molecule has 1 spiro atoms. The number of hydrogen-bond donors (Lipinski definition) is 0. The summed E-state index contributed by atoms with van der Waals surface area (Å²) in [4.78, 5) is 2.61. The number of ether oxygens (including phenoxy) is 1. The summed E-state index contributed by atoms with van der Waals surface area (Å²) in [6, 6.07) is 4.37. The fourth-order valence-corrected chi connectivity index (χ4v) is 4.48. The minimum atomic E-state index is 0.482. The average Bonchev–Trinajstić information content (AvgIpc) is 3.15. The predicted molar refractivity (Wildman–Crippen MR) is 96.0 cm³/mol. The van der Waals surface area contributed by atoms with Crippen LogP contribution in [0.4, 0.5) is 0 Å². The molecule has 0 unspecified atom stereocenters. The Kier molecular flexibility index (Phi) is 4.65. The Bertz CT molecular complexity index is 711. The van der Waals surface area contributed by atoms with Crippen LogP contribution in [0.3, 0.4) is 0 Å². The van der Waals surface area contributed by atoms with Crippen LogP contribution in [0.5, 0.6) is 0 Å². The number of hydrogen-bond acceptors (Lipinski definition) is 4. The molecule has 2 aliphatic heterocycles. The van der Waals surface area contributed by atoms with E-state index in [-0.39, 0.29) is 0 Å². The van der Waals surface area contributed by atoms with Crippen molar-refractivity contribution in [2.45, 2.75) is 51.8 Å². The number of likely N-dealkylation sites (tertiary alicyclic amines) is 1. The molecule has 6 nitrogen and oxygen atoms in total. The lowest BCUT2D eigenvalue weighted by Crippen LogP contribution is -2.40. The van der Waals surface area contributed by atoms with Crippen LogP contribution in [-0.4, -0.2) is 44.4 Å². The monoisotopic (exact) mass is 343 g/mol. The van der Waals surface area contributed by atoms with Gasteiger partial charge in [0, 0.05) is 45.6 Å². The maximum atomic E-state index is 5.27. The summed E-state index contributed by atoms with van der Waals surface area (Å²) >= 11 is 0.